The highest BCUT2D eigenvalue weighted by Crippen LogP contribution is 2.45. The van der Waals surface area contributed by atoms with Crippen LogP contribution in [0.5, 0.6) is 0 Å². The molecule has 0 unspecified atom stereocenters. The van der Waals surface area contributed by atoms with Crippen LogP contribution in [-0.2, 0) is 4.79 Å². The van der Waals surface area contributed by atoms with E-state index in [1.165, 1.54) is 0 Å². The standard InChI is InChI=1S/C27H30N2O2S/c1-5-28(22-14-9-6-11-19(22)4)27(31)24-20-12-7-8-13-21(20)26(30)29(17-18(2)3)25(24)23-15-10-16-32-23/h6-16,18,24-25H,5,17H2,1-4H3/t24-,25-/m1/s1. The summed E-state index contributed by atoms with van der Waals surface area (Å²) in [5, 5.41) is 2.02. The average Bonchev–Trinajstić information content (AvgIpc) is 3.31. The third-order valence-electron chi connectivity index (χ3n) is 6.09. The summed E-state index contributed by atoms with van der Waals surface area (Å²) in [5.74, 6) is -0.119. The first-order valence-corrected chi connectivity index (χ1v) is 12.1. The molecule has 5 heteroatoms. The van der Waals surface area contributed by atoms with Crippen LogP contribution in [0.1, 0.15) is 59.1 Å². The number of thiophene rings is 1. The molecule has 1 aliphatic heterocycles. The van der Waals surface area contributed by atoms with Crippen molar-refractivity contribution in [3.63, 3.8) is 0 Å². The lowest BCUT2D eigenvalue weighted by Gasteiger charge is -2.43. The Labute approximate surface area is 194 Å². The number of hydrogen-bond donors (Lipinski definition) is 0. The fourth-order valence-corrected chi connectivity index (χ4v) is 5.58. The summed E-state index contributed by atoms with van der Waals surface area (Å²) in [6.45, 7) is 9.44. The number of carbonyl (C=O) groups excluding carboxylic acids is 2. The van der Waals surface area contributed by atoms with E-state index in [4.69, 9.17) is 0 Å². The summed E-state index contributed by atoms with van der Waals surface area (Å²) in [5.41, 5.74) is 3.46. The number of amides is 2. The van der Waals surface area contributed by atoms with Crippen molar-refractivity contribution < 1.29 is 9.59 Å². The number of anilines is 1. The molecule has 0 saturated heterocycles. The lowest BCUT2D eigenvalue weighted by molar-refractivity contribution is -0.121. The predicted octanol–water partition coefficient (Wildman–Crippen LogP) is 6.05. The van der Waals surface area contributed by atoms with Gasteiger partial charge in [0.1, 0.15) is 0 Å². The highest BCUT2D eigenvalue weighted by atomic mass is 32.1. The topological polar surface area (TPSA) is 40.6 Å². The van der Waals surface area contributed by atoms with Crippen LogP contribution in [0.3, 0.4) is 0 Å². The number of nitrogens with zero attached hydrogens (tertiary/aromatic N) is 2. The largest absolute Gasteiger partial charge is 0.329 e. The zero-order valence-electron chi connectivity index (χ0n) is 19.1. The van der Waals surface area contributed by atoms with Crippen LogP contribution in [0, 0.1) is 12.8 Å². The third-order valence-corrected chi connectivity index (χ3v) is 7.03. The number of fused-ring (bicyclic) bond motifs is 1. The third kappa shape index (κ3) is 3.97. The number of carbonyl (C=O) groups is 2. The monoisotopic (exact) mass is 446 g/mol. The first-order chi connectivity index (χ1) is 15.4. The van der Waals surface area contributed by atoms with Gasteiger partial charge in [-0.2, -0.15) is 0 Å². The lowest BCUT2D eigenvalue weighted by Crippen LogP contribution is -2.49. The first-order valence-electron chi connectivity index (χ1n) is 11.2. The minimum atomic E-state index is -0.458. The van der Waals surface area contributed by atoms with Gasteiger partial charge in [-0.15, -0.1) is 11.3 Å². The summed E-state index contributed by atoms with van der Waals surface area (Å²) in [6, 6.07) is 19.4. The Balaban J connectivity index is 1.89. The molecule has 0 saturated carbocycles. The van der Waals surface area contributed by atoms with Crippen molar-refractivity contribution in [2.24, 2.45) is 5.92 Å². The van der Waals surface area contributed by atoms with Crippen molar-refractivity contribution >= 4 is 28.8 Å². The summed E-state index contributed by atoms with van der Waals surface area (Å²) >= 11 is 1.61. The van der Waals surface area contributed by atoms with Gasteiger partial charge in [0.2, 0.25) is 5.91 Å². The average molecular weight is 447 g/mol. The van der Waals surface area contributed by atoms with Crippen LogP contribution in [0.2, 0.25) is 0 Å². The Kier molecular flexibility index (Phi) is 6.47. The lowest BCUT2D eigenvalue weighted by atomic mass is 9.80. The molecule has 3 aromatic rings. The van der Waals surface area contributed by atoms with Gasteiger partial charge < -0.3 is 9.80 Å². The molecule has 2 atom stereocenters. The second-order valence-electron chi connectivity index (χ2n) is 8.75. The Hall–Kier alpha value is -2.92. The zero-order chi connectivity index (χ0) is 22.8. The van der Waals surface area contributed by atoms with E-state index >= 15 is 0 Å². The minimum Gasteiger partial charge on any atom is -0.329 e. The van der Waals surface area contributed by atoms with Gasteiger partial charge in [-0.05, 0) is 54.5 Å². The van der Waals surface area contributed by atoms with Crippen molar-refractivity contribution in [1.29, 1.82) is 0 Å². The SMILES string of the molecule is CCN(C(=O)[C@@H]1c2ccccc2C(=O)N(CC(C)C)[C@@H]1c1cccs1)c1ccccc1C. The number of likely N-dealkylation sites (N-methyl/N-ethyl adjacent to an activating group) is 1. The quantitative estimate of drug-likeness (QED) is 0.463. The van der Waals surface area contributed by atoms with Crippen molar-refractivity contribution in [2.75, 3.05) is 18.0 Å². The summed E-state index contributed by atoms with van der Waals surface area (Å²) in [7, 11) is 0. The van der Waals surface area contributed by atoms with Crippen molar-refractivity contribution in [1.82, 2.24) is 4.90 Å². The van der Waals surface area contributed by atoms with Crippen molar-refractivity contribution in [3.05, 3.63) is 87.6 Å². The first kappa shape index (κ1) is 22.3. The van der Waals surface area contributed by atoms with Crippen LogP contribution in [0.4, 0.5) is 5.69 Å². The van der Waals surface area contributed by atoms with E-state index in [9.17, 15) is 9.59 Å². The number of rotatable bonds is 6. The molecule has 1 aliphatic rings. The maximum atomic E-state index is 14.3. The minimum absolute atomic E-state index is 0.00990. The Morgan fingerprint density at radius 1 is 1.06 bits per heavy atom. The fraction of sp³-hybridized carbons (Fsp3) is 0.333. The molecular formula is C27H30N2O2S. The Morgan fingerprint density at radius 2 is 1.78 bits per heavy atom. The normalized spacial score (nSPS) is 18.0. The van der Waals surface area contributed by atoms with Crippen molar-refractivity contribution in [2.45, 2.75) is 39.7 Å². The van der Waals surface area contributed by atoms with Crippen LogP contribution in [-0.4, -0.2) is 29.8 Å². The van der Waals surface area contributed by atoms with Crippen LogP contribution < -0.4 is 4.90 Å². The van der Waals surface area contributed by atoms with Gasteiger partial charge in [0.05, 0.1) is 12.0 Å². The van der Waals surface area contributed by atoms with E-state index in [0.717, 1.165) is 21.7 Å². The van der Waals surface area contributed by atoms with E-state index in [0.29, 0.717) is 24.6 Å². The van der Waals surface area contributed by atoms with Gasteiger partial charge >= 0.3 is 0 Å². The van der Waals surface area contributed by atoms with Crippen molar-refractivity contribution in [3.8, 4) is 0 Å². The second kappa shape index (κ2) is 9.29. The molecule has 1 aromatic heterocycles. The molecule has 0 radical (unpaired) electrons. The highest BCUT2D eigenvalue weighted by Gasteiger charge is 2.46. The summed E-state index contributed by atoms with van der Waals surface area (Å²) in [6.07, 6.45) is 0. The van der Waals surface area contributed by atoms with Crippen LogP contribution in [0.25, 0.3) is 0 Å². The Bertz CT molecular complexity index is 1110. The summed E-state index contributed by atoms with van der Waals surface area (Å²) in [4.78, 5) is 32.7. The number of hydrogen-bond acceptors (Lipinski definition) is 3. The number of para-hydroxylation sites is 1. The molecule has 166 valence electrons. The molecule has 0 N–H and O–H groups in total. The maximum Gasteiger partial charge on any atom is 0.254 e. The molecule has 0 bridgehead atoms. The van der Waals surface area contributed by atoms with Gasteiger partial charge in [0.15, 0.2) is 0 Å². The van der Waals surface area contributed by atoms with Crippen LogP contribution in [0.15, 0.2) is 66.0 Å². The molecule has 2 aromatic carbocycles. The van der Waals surface area contributed by atoms with E-state index in [1.807, 2.05) is 89.7 Å². The number of aryl methyl sites for hydroxylation is 1. The maximum absolute atomic E-state index is 14.3. The molecule has 4 rings (SSSR count). The fourth-order valence-electron chi connectivity index (χ4n) is 4.71. The van der Waals surface area contributed by atoms with Gasteiger partial charge in [0, 0.05) is 29.2 Å². The Morgan fingerprint density at radius 3 is 2.44 bits per heavy atom. The number of benzene rings is 2. The molecule has 0 aliphatic carbocycles. The second-order valence-corrected chi connectivity index (χ2v) is 9.72. The predicted molar refractivity (Wildman–Crippen MR) is 131 cm³/mol. The smallest absolute Gasteiger partial charge is 0.254 e. The zero-order valence-corrected chi connectivity index (χ0v) is 19.9. The van der Waals surface area contributed by atoms with E-state index < -0.39 is 5.92 Å². The van der Waals surface area contributed by atoms with E-state index in [-0.39, 0.29) is 17.9 Å². The molecule has 0 fully saturated rings. The molecule has 32 heavy (non-hydrogen) atoms. The van der Waals surface area contributed by atoms with E-state index in [2.05, 4.69) is 13.8 Å². The van der Waals surface area contributed by atoms with Gasteiger partial charge in [-0.1, -0.05) is 56.3 Å². The van der Waals surface area contributed by atoms with Gasteiger partial charge in [-0.25, -0.2) is 0 Å². The molecule has 4 nitrogen and oxygen atoms in total. The van der Waals surface area contributed by atoms with Crippen LogP contribution >= 0.6 is 11.3 Å². The molecular weight excluding hydrogens is 416 g/mol. The van der Waals surface area contributed by atoms with Gasteiger partial charge in [0.25, 0.3) is 5.91 Å². The van der Waals surface area contributed by atoms with Gasteiger partial charge in [-0.3, -0.25) is 9.59 Å². The summed E-state index contributed by atoms with van der Waals surface area (Å²) < 4.78 is 0. The molecule has 2 heterocycles. The molecule has 0 spiro atoms. The molecule has 2 amide bonds. The highest BCUT2D eigenvalue weighted by molar-refractivity contribution is 7.10. The van der Waals surface area contributed by atoms with E-state index in [1.54, 1.807) is 11.3 Å².